The van der Waals surface area contributed by atoms with Gasteiger partial charge in [0.2, 0.25) is 94.5 Å². The van der Waals surface area contributed by atoms with Gasteiger partial charge in [0.25, 0.3) is 0 Å². The Morgan fingerprint density at radius 2 is 0.812 bits per heavy atom. The standard InChI is InChI=1S/C84H140N24O23S2/c1-11-41(5)62(76(124)102-58(39-132)74(122)101-57(82(130)131)35-46-20-24-48(112)25-21-46)104-79(127)65(44(8)110)106-70(118)50(16-13-14-29-85)94-68(116)53(27-31-87)98-78(126)64(43(7)109)105-71(119)54(28-32-88)96-67(115)51(17-15-33-93-83(91)92)95-73(121)56(37-60(89)114)99-69(117)52(26-30-86)97-72(120)55(34-45-18-22-47(111)23-19-45)100-80(128)66(84(9,10)133)107-77(125)63(42(6)12-2)103-75(123)59-36-49(113)38-108(59)81(129)61(90)40(3)4/h18-25,40-44,49-59,61-66,109-113,132-133H,11-17,26-39,85-88,90H2,1-10H3,(H2,89,114)(H,94,116)(H,95,121)(H,96,115)(H,97,120)(H,98,126)(H,99,117)(H,100,128)(H,101,122)(H,102,124)(H,103,123)(H,104,127)(H,105,119)(H,106,118)(H,107,125)(H,130,131)(H4,91,92,93)/t41-,42-,43+,44+,49+,50-,51-,52-,53+,54-,55-,56-,57-,58-,59-,61-,62-,63-,64-,65-,66+/m0/s1. The van der Waals surface area contributed by atoms with Crippen LogP contribution in [-0.4, -0.2) is 307 Å². The zero-order valence-corrected chi connectivity index (χ0v) is 78.5. The summed E-state index contributed by atoms with van der Waals surface area (Å²) in [5, 5.41) is 97.3. The Bertz CT molecular complexity index is 4260. The molecule has 0 aliphatic carbocycles. The highest BCUT2D eigenvalue weighted by molar-refractivity contribution is 7.81. The van der Waals surface area contributed by atoms with Crippen molar-refractivity contribution < 1.29 is 112 Å². The van der Waals surface area contributed by atoms with Crippen molar-refractivity contribution in [1.82, 2.24) is 79.3 Å². The van der Waals surface area contributed by atoms with Crippen LogP contribution in [0.5, 0.6) is 11.5 Å². The van der Waals surface area contributed by atoms with Crippen LogP contribution in [0, 0.1) is 17.8 Å². The second kappa shape index (κ2) is 57.3. The number of carbonyl (C=O) groups is 17. The number of phenolic OH excluding ortho intramolecular Hbond substituents is 2. The fourth-order valence-electron chi connectivity index (χ4n) is 13.8. The molecule has 0 radical (unpaired) electrons. The van der Waals surface area contributed by atoms with E-state index in [9.17, 15) is 112 Å². The van der Waals surface area contributed by atoms with Gasteiger partial charge >= 0.3 is 5.97 Å². The first kappa shape index (κ1) is 116. The minimum atomic E-state index is -1.97. The summed E-state index contributed by atoms with van der Waals surface area (Å²) < 4.78 is -1.46. The number of aliphatic carboxylic acids is 1. The smallest absolute Gasteiger partial charge is 0.326 e. The first-order valence-electron chi connectivity index (χ1n) is 44.0. The number of nitrogens with zero attached hydrogens (tertiary/aromatic N) is 2. The number of amides is 16. The van der Waals surface area contributed by atoms with Crippen LogP contribution < -0.4 is 120 Å². The lowest BCUT2D eigenvalue weighted by atomic mass is 9.95. The van der Waals surface area contributed by atoms with Crippen molar-refractivity contribution >= 4 is 132 Å². The van der Waals surface area contributed by atoms with Gasteiger partial charge < -0.3 is 156 Å². The summed E-state index contributed by atoms with van der Waals surface area (Å²) in [5.74, 6) is -20.7. The number of carboxylic acids is 1. The number of nitrogens with one attached hydrogen (secondary N) is 14. The van der Waals surface area contributed by atoms with Crippen LogP contribution >= 0.6 is 25.3 Å². The number of β-amino-alcohol motifs (C(OH)–C–C–N with tert-alkyl or cyclic N) is 1. The van der Waals surface area contributed by atoms with Crippen molar-refractivity contribution in [3.8, 4) is 11.5 Å². The number of carboxylic acid groups (broad SMARTS) is 1. The molecule has 1 heterocycles. The first-order valence-corrected chi connectivity index (χ1v) is 45.1. The summed E-state index contributed by atoms with van der Waals surface area (Å²) in [6.07, 6.45) is -7.12. The second-order valence-corrected chi connectivity index (χ2v) is 35.4. The Morgan fingerprint density at radius 3 is 1.22 bits per heavy atom. The molecule has 16 amide bonds. The lowest BCUT2D eigenvalue weighted by Crippen LogP contribution is -2.64. The topological polar surface area (TPSA) is 804 Å². The summed E-state index contributed by atoms with van der Waals surface area (Å²) >= 11 is 8.85. The molecule has 2 aromatic carbocycles. The van der Waals surface area contributed by atoms with Crippen LogP contribution in [0.25, 0.3) is 0 Å². The van der Waals surface area contributed by atoms with Crippen LogP contribution in [0.4, 0.5) is 0 Å². The number of primary amides is 1. The molecule has 746 valence electrons. The van der Waals surface area contributed by atoms with Crippen molar-refractivity contribution in [2.24, 2.45) is 68.6 Å². The summed E-state index contributed by atoms with van der Waals surface area (Å²) in [6, 6.07) is -14.5. The highest BCUT2D eigenvalue weighted by Gasteiger charge is 2.46. The molecule has 1 aliphatic heterocycles. The zero-order valence-electron chi connectivity index (χ0n) is 76.7. The third-order valence-corrected chi connectivity index (χ3v) is 22.7. The molecule has 36 N–H and O–H groups in total. The van der Waals surface area contributed by atoms with Gasteiger partial charge in [-0.3, -0.25) is 81.7 Å². The van der Waals surface area contributed by atoms with E-state index in [4.69, 9.17) is 45.9 Å². The number of thiol groups is 2. The third kappa shape index (κ3) is 38.7. The number of aliphatic imine (C=N–C) groups is 1. The van der Waals surface area contributed by atoms with E-state index in [1.807, 2.05) is 0 Å². The minimum Gasteiger partial charge on any atom is -0.508 e. The van der Waals surface area contributed by atoms with Gasteiger partial charge in [-0.1, -0.05) is 78.6 Å². The summed E-state index contributed by atoms with van der Waals surface area (Å²) in [5.41, 5.74) is 47.4. The molecule has 1 saturated heterocycles. The maximum atomic E-state index is 14.8. The molecular formula is C84H140N24O23S2. The zero-order chi connectivity index (χ0) is 101. The van der Waals surface area contributed by atoms with Crippen LogP contribution in [0.1, 0.15) is 157 Å². The van der Waals surface area contributed by atoms with E-state index in [-0.39, 0.29) is 126 Å². The molecule has 0 aromatic heterocycles. The van der Waals surface area contributed by atoms with Crippen LogP contribution in [0.2, 0.25) is 0 Å². The normalized spacial score (nSPS) is 17.4. The maximum Gasteiger partial charge on any atom is 0.326 e. The molecule has 3 rings (SSSR count). The number of benzene rings is 2. The number of aromatic hydroxyl groups is 2. The Balaban J connectivity index is 1.93. The lowest BCUT2D eigenvalue weighted by Gasteiger charge is -2.34. The molecule has 0 saturated carbocycles. The summed E-state index contributed by atoms with van der Waals surface area (Å²) in [6.45, 7) is 13.9. The van der Waals surface area contributed by atoms with Gasteiger partial charge in [-0.2, -0.15) is 25.3 Å². The van der Waals surface area contributed by atoms with Crippen molar-refractivity contribution in [3.63, 3.8) is 0 Å². The minimum absolute atomic E-state index is 0.0825. The van der Waals surface area contributed by atoms with Gasteiger partial charge in [0.1, 0.15) is 102 Å². The number of phenols is 2. The maximum absolute atomic E-state index is 14.8. The largest absolute Gasteiger partial charge is 0.508 e. The van der Waals surface area contributed by atoms with E-state index in [1.54, 1.807) is 41.5 Å². The van der Waals surface area contributed by atoms with E-state index in [0.717, 1.165) is 18.7 Å². The van der Waals surface area contributed by atoms with E-state index in [2.05, 4.69) is 105 Å². The molecule has 133 heavy (non-hydrogen) atoms. The number of aliphatic hydroxyl groups is 3. The second-order valence-electron chi connectivity index (χ2n) is 33.9. The Morgan fingerprint density at radius 1 is 0.459 bits per heavy atom. The molecule has 1 fully saturated rings. The summed E-state index contributed by atoms with van der Waals surface area (Å²) in [7, 11) is 0. The molecule has 0 bridgehead atoms. The number of nitrogens with two attached hydrogens (primary N) is 8. The van der Waals surface area contributed by atoms with Gasteiger partial charge in [-0.15, -0.1) is 0 Å². The highest BCUT2D eigenvalue weighted by atomic mass is 32.1. The van der Waals surface area contributed by atoms with Crippen molar-refractivity contribution in [2.45, 2.75) is 279 Å². The Kier molecular flexibility index (Phi) is 49.9. The highest BCUT2D eigenvalue weighted by Crippen LogP contribution is 2.25. The molecular weight excluding hydrogens is 1780 g/mol. The molecule has 0 spiro atoms. The Hall–Kier alpha value is -11.3. The van der Waals surface area contributed by atoms with E-state index >= 15 is 0 Å². The molecule has 1 aliphatic rings. The van der Waals surface area contributed by atoms with Gasteiger partial charge in [-0.05, 0) is 158 Å². The van der Waals surface area contributed by atoms with Crippen LogP contribution in [0.3, 0.4) is 0 Å². The monoisotopic (exact) mass is 1920 g/mol. The predicted molar refractivity (Wildman–Crippen MR) is 494 cm³/mol. The van der Waals surface area contributed by atoms with Gasteiger partial charge in [0.05, 0.1) is 30.8 Å². The number of unbranched alkanes of at least 4 members (excludes halogenated alkanes) is 1. The average Bonchev–Trinajstić information content (AvgIpc) is 1.76. The Labute approximate surface area is 783 Å². The number of hydrogen-bond acceptors (Lipinski definition) is 30. The number of rotatable bonds is 59. The summed E-state index contributed by atoms with van der Waals surface area (Å²) in [4.78, 5) is 245. The van der Waals surface area contributed by atoms with Crippen molar-refractivity contribution in [1.29, 1.82) is 0 Å². The van der Waals surface area contributed by atoms with Crippen LogP contribution in [0.15, 0.2) is 53.5 Å². The molecule has 2 aromatic rings. The quantitative estimate of drug-likeness (QED) is 0.0127. The van der Waals surface area contributed by atoms with Crippen LogP contribution in [-0.2, 0) is 94.3 Å². The molecule has 0 unspecified atom stereocenters. The average molecular weight is 1920 g/mol. The molecule has 21 atom stereocenters. The number of guanidine groups is 1. The van der Waals surface area contributed by atoms with Gasteiger partial charge in [0, 0.05) is 42.9 Å². The molecule has 49 heteroatoms. The fourth-order valence-corrected chi connectivity index (χ4v) is 14.2. The van der Waals surface area contributed by atoms with E-state index < -0.39 is 251 Å². The third-order valence-electron chi connectivity index (χ3n) is 22.1. The van der Waals surface area contributed by atoms with Crippen molar-refractivity contribution in [2.75, 3.05) is 45.0 Å². The molecule has 47 nitrogen and oxygen atoms in total. The number of aliphatic hydroxyl groups excluding tert-OH is 3. The number of hydrogen-bond donors (Lipinski definition) is 30. The predicted octanol–water partition coefficient (Wildman–Crippen LogP) is -8.70. The van der Waals surface area contributed by atoms with Crippen molar-refractivity contribution in [3.05, 3.63) is 59.7 Å². The lowest BCUT2D eigenvalue weighted by molar-refractivity contribution is -0.142. The SMILES string of the molecule is CC[C@H](C)[C@H](NC(=O)[C@@H](NC(=O)[C@H](CCCCN)NC(=O)[C@@H](CCN)NC(=O)[C@@H](NC(=O)[C@H](CCN)NC(=O)[C@H](CCCN=C(N)N)NC(=O)[C@H](CC(N)=O)NC(=O)[C@H](CCN)NC(=O)[C@H](Cc1ccc(O)cc1)NC(=O)[C@@H](NC(=O)[C@@H](NC(=O)[C@@H]1C[C@@H](O)CN1C(=O)[C@@H](N)C(C)C)[C@@H](C)CC)C(C)(C)S)[C@@H](C)O)[C@@H](C)O)C(=O)N[C@@H](CS)C(=O)N[C@@H](Cc1ccc(O)cc1)C(=O)O. The fraction of sp³-hybridized carbons (Fsp3) is 0.643. The van der Waals surface area contributed by atoms with Gasteiger partial charge in [-0.25, -0.2) is 4.79 Å². The van der Waals surface area contributed by atoms with Gasteiger partial charge in [0.15, 0.2) is 5.96 Å². The number of likely N-dealkylation sites (tertiary alicyclic amines) is 1. The van der Waals surface area contributed by atoms with E-state index in [0.29, 0.717) is 24.0 Å². The number of carbonyl (C=O) groups excluding carboxylic acids is 16. The first-order chi connectivity index (χ1) is 62.4. The van der Waals surface area contributed by atoms with E-state index in [1.165, 1.54) is 62.4 Å².